The molecule has 0 saturated carbocycles. The van der Waals surface area contributed by atoms with Gasteiger partial charge in [0.15, 0.2) is 0 Å². The first-order chi connectivity index (χ1) is 16.1. The van der Waals surface area contributed by atoms with Crippen molar-refractivity contribution < 1.29 is 29.4 Å². The fourth-order valence-corrected chi connectivity index (χ4v) is 3.54. The van der Waals surface area contributed by atoms with Gasteiger partial charge in [-0.2, -0.15) is 11.8 Å². The fraction of sp³-hybridized carbons (Fsp3) is 0.565. The molecular weight excluding hydrogens is 460 g/mol. The van der Waals surface area contributed by atoms with Crippen molar-refractivity contribution >= 4 is 35.5 Å². The summed E-state index contributed by atoms with van der Waals surface area (Å²) in [6.45, 7) is 2.98. The number of carboxylic acid groups (broad SMARTS) is 1. The molecule has 0 heterocycles. The van der Waals surface area contributed by atoms with Crippen molar-refractivity contribution in [1.29, 1.82) is 0 Å². The van der Waals surface area contributed by atoms with Crippen LogP contribution in [0, 0.1) is 5.92 Å². The van der Waals surface area contributed by atoms with Gasteiger partial charge in [0, 0.05) is 6.42 Å². The largest absolute Gasteiger partial charge is 0.480 e. The van der Waals surface area contributed by atoms with Crippen molar-refractivity contribution in [2.45, 2.75) is 57.3 Å². The van der Waals surface area contributed by atoms with Crippen LogP contribution in [0.15, 0.2) is 30.3 Å². The summed E-state index contributed by atoms with van der Waals surface area (Å²) in [7, 11) is 0. The predicted octanol–water partition coefficient (Wildman–Crippen LogP) is -0.113. The third kappa shape index (κ3) is 9.70. The molecule has 10 nitrogen and oxygen atoms in total. The molecule has 5 unspecified atom stereocenters. The van der Waals surface area contributed by atoms with Gasteiger partial charge in [-0.25, -0.2) is 4.79 Å². The van der Waals surface area contributed by atoms with E-state index in [0.717, 1.165) is 5.56 Å². The number of aliphatic carboxylic acids is 1. The lowest BCUT2D eigenvalue weighted by Crippen LogP contribution is -2.59. The molecule has 0 saturated heterocycles. The summed E-state index contributed by atoms with van der Waals surface area (Å²) in [5, 5.41) is 26.6. The van der Waals surface area contributed by atoms with Gasteiger partial charge in [-0.05, 0) is 29.9 Å². The van der Waals surface area contributed by atoms with Crippen LogP contribution in [0.4, 0.5) is 0 Å². The second kappa shape index (κ2) is 15.3. The third-order valence-corrected chi connectivity index (χ3v) is 6.16. The lowest BCUT2D eigenvalue weighted by Gasteiger charge is -2.25. The molecule has 0 aliphatic carbocycles. The Morgan fingerprint density at radius 3 is 2.06 bits per heavy atom. The molecule has 34 heavy (non-hydrogen) atoms. The van der Waals surface area contributed by atoms with E-state index >= 15 is 0 Å². The summed E-state index contributed by atoms with van der Waals surface area (Å²) in [6.07, 6.45) is 2.80. The third-order valence-electron chi connectivity index (χ3n) is 5.52. The van der Waals surface area contributed by atoms with Crippen LogP contribution in [0.5, 0.6) is 0 Å². The minimum Gasteiger partial charge on any atom is -0.480 e. The van der Waals surface area contributed by atoms with Crippen molar-refractivity contribution in [3.63, 3.8) is 0 Å². The first-order valence-electron chi connectivity index (χ1n) is 11.2. The number of benzene rings is 1. The number of rotatable bonds is 15. The number of aliphatic hydroxyl groups is 1. The van der Waals surface area contributed by atoms with Gasteiger partial charge >= 0.3 is 5.97 Å². The Labute approximate surface area is 204 Å². The molecular formula is C23H36N4O6S. The van der Waals surface area contributed by atoms with Crippen molar-refractivity contribution in [3.8, 4) is 0 Å². The van der Waals surface area contributed by atoms with Gasteiger partial charge in [-0.3, -0.25) is 14.4 Å². The smallest absolute Gasteiger partial charge is 0.326 e. The first-order valence-corrected chi connectivity index (χ1v) is 12.6. The van der Waals surface area contributed by atoms with E-state index in [2.05, 4.69) is 16.0 Å². The molecule has 0 aliphatic rings. The molecule has 11 heteroatoms. The first kappa shape index (κ1) is 29.4. The molecule has 0 bridgehead atoms. The molecule has 5 atom stereocenters. The number of carbonyl (C=O) groups is 4. The van der Waals surface area contributed by atoms with E-state index in [1.54, 1.807) is 37.3 Å². The Bertz CT molecular complexity index is 810. The zero-order valence-corrected chi connectivity index (χ0v) is 20.6. The SMILES string of the molecule is CCC(C)C(N)C(=O)NC(CO)C(=O)NC(Cc1ccccc1)C(=O)NC(CCSC)C(=O)O. The average Bonchev–Trinajstić information content (AvgIpc) is 2.83. The van der Waals surface area contributed by atoms with Crippen molar-refractivity contribution in [2.24, 2.45) is 11.7 Å². The van der Waals surface area contributed by atoms with E-state index in [9.17, 15) is 29.4 Å². The van der Waals surface area contributed by atoms with Gasteiger partial charge in [0.2, 0.25) is 17.7 Å². The van der Waals surface area contributed by atoms with Gasteiger partial charge in [0.05, 0.1) is 12.6 Å². The van der Waals surface area contributed by atoms with E-state index in [-0.39, 0.29) is 18.8 Å². The summed E-state index contributed by atoms with van der Waals surface area (Å²) in [4.78, 5) is 49.7. The van der Waals surface area contributed by atoms with Crippen molar-refractivity contribution in [3.05, 3.63) is 35.9 Å². The number of carbonyl (C=O) groups excluding carboxylic acids is 3. The molecule has 3 amide bonds. The summed E-state index contributed by atoms with van der Waals surface area (Å²) in [5.41, 5.74) is 6.64. The summed E-state index contributed by atoms with van der Waals surface area (Å²) < 4.78 is 0. The lowest BCUT2D eigenvalue weighted by atomic mass is 9.99. The van der Waals surface area contributed by atoms with Gasteiger partial charge in [0.1, 0.15) is 18.1 Å². The number of nitrogens with two attached hydrogens (primary N) is 1. The van der Waals surface area contributed by atoms with E-state index < -0.39 is 54.5 Å². The second-order valence-electron chi connectivity index (χ2n) is 8.09. The minimum atomic E-state index is -1.32. The summed E-state index contributed by atoms with van der Waals surface area (Å²) in [5.74, 6) is -2.82. The molecule has 0 aliphatic heterocycles. The Balaban J connectivity index is 3.00. The van der Waals surface area contributed by atoms with Crippen LogP contribution in [0.3, 0.4) is 0 Å². The van der Waals surface area contributed by atoms with Crippen molar-refractivity contribution in [2.75, 3.05) is 18.6 Å². The summed E-state index contributed by atoms with van der Waals surface area (Å²) in [6, 6.07) is 4.48. The maximum Gasteiger partial charge on any atom is 0.326 e. The van der Waals surface area contributed by atoms with Gasteiger partial charge in [0.25, 0.3) is 0 Å². The van der Waals surface area contributed by atoms with Crippen LogP contribution in [0.2, 0.25) is 0 Å². The Morgan fingerprint density at radius 1 is 0.971 bits per heavy atom. The van der Waals surface area contributed by atoms with Crippen LogP contribution in [0.1, 0.15) is 32.3 Å². The molecule has 0 radical (unpaired) electrons. The minimum absolute atomic E-state index is 0.0890. The molecule has 7 N–H and O–H groups in total. The molecule has 1 aromatic rings. The van der Waals surface area contributed by atoms with Gasteiger partial charge < -0.3 is 31.9 Å². The molecule has 0 fully saturated rings. The van der Waals surface area contributed by atoms with Crippen LogP contribution in [-0.2, 0) is 25.6 Å². The Kier molecular flexibility index (Phi) is 13.2. The number of aliphatic hydroxyl groups excluding tert-OH is 1. The highest BCUT2D eigenvalue weighted by Gasteiger charge is 2.30. The zero-order chi connectivity index (χ0) is 25.7. The highest BCUT2D eigenvalue weighted by Crippen LogP contribution is 2.08. The van der Waals surface area contributed by atoms with Crippen LogP contribution >= 0.6 is 11.8 Å². The topological polar surface area (TPSA) is 171 Å². The zero-order valence-electron chi connectivity index (χ0n) is 19.8. The van der Waals surface area contributed by atoms with Crippen molar-refractivity contribution in [1.82, 2.24) is 16.0 Å². The van der Waals surface area contributed by atoms with E-state index in [1.807, 2.05) is 13.2 Å². The number of carboxylic acids is 1. The maximum absolute atomic E-state index is 13.0. The highest BCUT2D eigenvalue weighted by molar-refractivity contribution is 7.98. The fourth-order valence-electron chi connectivity index (χ4n) is 3.07. The van der Waals surface area contributed by atoms with Gasteiger partial charge in [-0.1, -0.05) is 50.6 Å². The Hall–Kier alpha value is -2.63. The maximum atomic E-state index is 13.0. The lowest BCUT2D eigenvalue weighted by molar-refractivity contribution is -0.142. The van der Waals surface area contributed by atoms with Crippen LogP contribution in [0.25, 0.3) is 0 Å². The molecule has 1 aromatic carbocycles. The standard InChI is InChI=1S/C23H36N4O6S/c1-4-14(2)19(24)22(31)27-18(13-28)21(30)26-17(12-15-8-6-5-7-9-15)20(29)25-16(23(32)33)10-11-34-3/h5-9,14,16-19,28H,4,10-13,24H2,1-3H3,(H,25,29)(H,26,30)(H,27,31)(H,32,33). The van der Waals surface area contributed by atoms with Crippen LogP contribution in [-0.4, -0.2) is 76.7 Å². The van der Waals surface area contributed by atoms with Gasteiger partial charge in [-0.15, -0.1) is 0 Å². The monoisotopic (exact) mass is 496 g/mol. The number of amides is 3. The number of hydrogen-bond acceptors (Lipinski definition) is 7. The number of thioether (sulfide) groups is 1. The average molecular weight is 497 g/mol. The second-order valence-corrected chi connectivity index (χ2v) is 9.07. The number of nitrogens with one attached hydrogen (secondary N) is 3. The van der Waals surface area contributed by atoms with Crippen LogP contribution < -0.4 is 21.7 Å². The normalized spacial score (nSPS) is 15.3. The molecule has 1 rings (SSSR count). The van der Waals surface area contributed by atoms with E-state index in [0.29, 0.717) is 12.2 Å². The van der Waals surface area contributed by atoms with E-state index in [1.165, 1.54) is 11.8 Å². The quantitative estimate of drug-likeness (QED) is 0.195. The molecule has 0 aromatic heterocycles. The molecule has 0 spiro atoms. The highest BCUT2D eigenvalue weighted by atomic mass is 32.2. The number of hydrogen-bond donors (Lipinski definition) is 6. The molecule has 190 valence electrons. The predicted molar refractivity (Wildman–Crippen MR) is 131 cm³/mol. The Morgan fingerprint density at radius 2 is 1.53 bits per heavy atom. The van der Waals surface area contributed by atoms with E-state index in [4.69, 9.17) is 5.73 Å². The summed E-state index contributed by atoms with van der Waals surface area (Å²) >= 11 is 1.45.